The van der Waals surface area contributed by atoms with Gasteiger partial charge in [0.25, 0.3) is 5.69 Å². The molecule has 0 aliphatic heterocycles. The van der Waals surface area contributed by atoms with Crippen molar-refractivity contribution in [2.24, 2.45) is 0 Å². The predicted molar refractivity (Wildman–Crippen MR) is 53.6 cm³/mol. The number of benzene rings is 1. The quantitative estimate of drug-likeness (QED) is 0.597. The zero-order valence-electron chi connectivity index (χ0n) is 8.10. The summed E-state index contributed by atoms with van der Waals surface area (Å²) in [6.07, 6.45) is 0. The van der Waals surface area contributed by atoms with E-state index in [9.17, 15) is 14.9 Å². The molecule has 0 radical (unpaired) electrons. The Balaban J connectivity index is 2.64. The van der Waals surface area contributed by atoms with Crippen LogP contribution >= 0.6 is 0 Å². The number of hydrogen-bond acceptors (Lipinski definition) is 4. The summed E-state index contributed by atoms with van der Waals surface area (Å²) in [6, 6.07) is 5.57. The Hall–Kier alpha value is -1.95. The van der Waals surface area contributed by atoms with Gasteiger partial charge in [-0.3, -0.25) is 14.9 Å². The van der Waals surface area contributed by atoms with Gasteiger partial charge in [-0.2, -0.15) is 0 Å². The molecule has 80 valence electrons. The number of non-ortho nitro benzene ring substituents is 1. The lowest BCUT2D eigenvalue weighted by Crippen LogP contribution is -2.16. The molecule has 0 saturated heterocycles. The Bertz CT molecular complexity index is 361. The SMILES string of the molecule is COCC(=O)Nc1ccc([N+](=O)[O-])cc1. The highest BCUT2D eigenvalue weighted by atomic mass is 16.6. The van der Waals surface area contributed by atoms with Gasteiger partial charge in [0.15, 0.2) is 0 Å². The number of nitrogens with zero attached hydrogens (tertiary/aromatic N) is 1. The highest BCUT2D eigenvalue weighted by Gasteiger charge is 2.05. The first-order valence-corrected chi connectivity index (χ1v) is 4.16. The zero-order chi connectivity index (χ0) is 11.3. The van der Waals surface area contributed by atoms with Crippen molar-refractivity contribution in [3.05, 3.63) is 34.4 Å². The first-order valence-electron chi connectivity index (χ1n) is 4.16. The summed E-state index contributed by atoms with van der Waals surface area (Å²) in [4.78, 5) is 20.9. The molecule has 0 atom stereocenters. The number of nitro benzene ring substituents is 1. The van der Waals surface area contributed by atoms with Crippen LogP contribution in [0.1, 0.15) is 0 Å². The van der Waals surface area contributed by atoms with E-state index in [1.165, 1.54) is 31.4 Å². The lowest BCUT2D eigenvalue weighted by molar-refractivity contribution is -0.384. The van der Waals surface area contributed by atoms with E-state index in [0.717, 1.165) is 0 Å². The monoisotopic (exact) mass is 210 g/mol. The van der Waals surface area contributed by atoms with Crippen LogP contribution in [0.25, 0.3) is 0 Å². The van der Waals surface area contributed by atoms with Crippen molar-refractivity contribution in [1.29, 1.82) is 0 Å². The number of rotatable bonds is 4. The molecular formula is C9H10N2O4. The van der Waals surface area contributed by atoms with Crippen LogP contribution in [0, 0.1) is 10.1 Å². The number of methoxy groups -OCH3 is 1. The van der Waals surface area contributed by atoms with Gasteiger partial charge in [-0.05, 0) is 12.1 Å². The summed E-state index contributed by atoms with van der Waals surface area (Å²) in [7, 11) is 1.41. The molecule has 0 unspecified atom stereocenters. The van der Waals surface area contributed by atoms with Crippen molar-refractivity contribution in [2.45, 2.75) is 0 Å². The van der Waals surface area contributed by atoms with E-state index in [2.05, 4.69) is 10.1 Å². The summed E-state index contributed by atoms with van der Waals surface area (Å²) in [5, 5.41) is 12.9. The molecule has 15 heavy (non-hydrogen) atoms. The van der Waals surface area contributed by atoms with Gasteiger partial charge < -0.3 is 10.1 Å². The fourth-order valence-electron chi connectivity index (χ4n) is 0.995. The molecular weight excluding hydrogens is 200 g/mol. The third kappa shape index (κ3) is 3.35. The van der Waals surface area contributed by atoms with E-state index in [0.29, 0.717) is 5.69 Å². The molecule has 0 bridgehead atoms. The number of carbonyl (C=O) groups excluding carboxylic acids is 1. The van der Waals surface area contributed by atoms with E-state index in [1.54, 1.807) is 0 Å². The third-order valence-corrected chi connectivity index (χ3v) is 1.64. The molecule has 6 heteroatoms. The summed E-state index contributed by atoms with van der Waals surface area (Å²) >= 11 is 0. The summed E-state index contributed by atoms with van der Waals surface area (Å²) in [5.41, 5.74) is 0.488. The predicted octanol–water partition coefficient (Wildman–Crippen LogP) is 1.18. The second-order valence-corrected chi connectivity index (χ2v) is 2.79. The standard InChI is InChI=1S/C9H10N2O4/c1-15-6-9(12)10-7-2-4-8(5-3-7)11(13)14/h2-5H,6H2,1H3,(H,10,12). The maximum absolute atomic E-state index is 11.1. The molecule has 1 amide bonds. The number of ether oxygens (including phenoxy) is 1. The minimum Gasteiger partial charge on any atom is -0.375 e. The number of anilines is 1. The van der Waals surface area contributed by atoms with Gasteiger partial charge in [0.05, 0.1) is 4.92 Å². The third-order valence-electron chi connectivity index (χ3n) is 1.64. The maximum Gasteiger partial charge on any atom is 0.269 e. The van der Waals surface area contributed by atoms with E-state index in [4.69, 9.17) is 0 Å². The van der Waals surface area contributed by atoms with Crippen molar-refractivity contribution in [1.82, 2.24) is 0 Å². The number of carbonyl (C=O) groups is 1. The summed E-state index contributed by atoms with van der Waals surface area (Å²) in [6.45, 7) is -0.0447. The van der Waals surface area contributed by atoms with Crippen molar-refractivity contribution >= 4 is 17.3 Å². The van der Waals surface area contributed by atoms with Crippen LogP contribution in [0.5, 0.6) is 0 Å². The van der Waals surface area contributed by atoms with Crippen LogP contribution in [-0.4, -0.2) is 24.5 Å². The molecule has 0 aromatic heterocycles. The van der Waals surface area contributed by atoms with Crippen molar-refractivity contribution in [2.75, 3.05) is 19.0 Å². The fraction of sp³-hybridized carbons (Fsp3) is 0.222. The van der Waals surface area contributed by atoms with E-state index in [-0.39, 0.29) is 18.2 Å². The second-order valence-electron chi connectivity index (χ2n) is 2.79. The highest BCUT2D eigenvalue weighted by molar-refractivity contribution is 5.91. The Labute approximate surface area is 86.0 Å². The molecule has 0 heterocycles. The Morgan fingerprint density at radius 2 is 2.07 bits per heavy atom. The first-order chi connectivity index (χ1) is 7.13. The Kier molecular flexibility index (Phi) is 3.75. The molecule has 1 rings (SSSR count). The largest absolute Gasteiger partial charge is 0.375 e. The molecule has 1 N–H and O–H groups in total. The van der Waals surface area contributed by atoms with Crippen LogP contribution in [0.2, 0.25) is 0 Å². The number of hydrogen-bond donors (Lipinski definition) is 1. The van der Waals surface area contributed by atoms with Crippen molar-refractivity contribution < 1.29 is 14.5 Å². The minimum atomic E-state index is -0.499. The molecule has 1 aromatic rings. The van der Waals surface area contributed by atoms with Crippen molar-refractivity contribution in [3.8, 4) is 0 Å². The Morgan fingerprint density at radius 3 is 2.53 bits per heavy atom. The van der Waals surface area contributed by atoms with E-state index < -0.39 is 4.92 Å². The Morgan fingerprint density at radius 1 is 1.47 bits per heavy atom. The van der Waals surface area contributed by atoms with Gasteiger partial charge in [-0.1, -0.05) is 0 Å². The lowest BCUT2D eigenvalue weighted by Gasteiger charge is -2.03. The van der Waals surface area contributed by atoms with Crippen LogP contribution < -0.4 is 5.32 Å². The van der Waals surface area contributed by atoms with E-state index in [1.807, 2.05) is 0 Å². The summed E-state index contributed by atoms with van der Waals surface area (Å²) in [5.74, 6) is -0.300. The molecule has 0 aliphatic rings. The smallest absolute Gasteiger partial charge is 0.269 e. The van der Waals surface area contributed by atoms with Gasteiger partial charge >= 0.3 is 0 Å². The molecule has 0 saturated carbocycles. The first kappa shape index (κ1) is 11.1. The molecule has 6 nitrogen and oxygen atoms in total. The maximum atomic E-state index is 11.1. The zero-order valence-corrected chi connectivity index (χ0v) is 8.10. The molecule has 0 fully saturated rings. The van der Waals surface area contributed by atoms with Gasteiger partial charge in [0, 0.05) is 24.9 Å². The van der Waals surface area contributed by atoms with Gasteiger partial charge in [0.1, 0.15) is 6.61 Å². The molecule has 0 aliphatic carbocycles. The van der Waals surface area contributed by atoms with Crippen LogP contribution in [-0.2, 0) is 9.53 Å². The summed E-state index contributed by atoms with van der Waals surface area (Å²) < 4.78 is 4.62. The lowest BCUT2D eigenvalue weighted by atomic mass is 10.3. The van der Waals surface area contributed by atoms with Crippen molar-refractivity contribution in [3.63, 3.8) is 0 Å². The van der Waals surface area contributed by atoms with E-state index >= 15 is 0 Å². The average Bonchev–Trinajstić information content (AvgIpc) is 2.18. The van der Waals surface area contributed by atoms with Gasteiger partial charge in [-0.25, -0.2) is 0 Å². The average molecular weight is 210 g/mol. The molecule has 0 spiro atoms. The fourth-order valence-corrected chi connectivity index (χ4v) is 0.995. The highest BCUT2D eigenvalue weighted by Crippen LogP contribution is 2.15. The van der Waals surface area contributed by atoms with Crippen LogP contribution in [0.15, 0.2) is 24.3 Å². The number of amides is 1. The normalized spacial score (nSPS) is 9.67. The number of nitro groups is 1. The van der Waals surface area contributed by atoms with Gasteiger partial charge in [-0.15, -0.1) is 0 Å². The van der Waals surface area contributed by atoms with Gasteiger partial charge in [0.2, 0.25) is 5.91 Å². The minimum absolute atomic E-state index is 0.0141. The number of nitrogens with one attached hydrogen (secondary N) is 1. The van der Waals surface area contributed by atoms with Crippen LogP contribution in [0.3, 0.4) is 0 Å². The molecule has 1 aromatic carbocycles. The topological polar surface area (TPSA) is 81.5 Å². The van der Waals surface area contributed by atoms with Crippen LogP contribution in [0.4, 0.5) is 11.4 Å². The second kappa shape index (κ2) is 5.06.